The lowest BCUT2D eigenvalue weighted by Gasteiger charge is -2.26. The second-order valence-corrected chi connectivity index (χ2v) is 5.22. The van der Waals surface area contributed by atoms with E-state index in [2.05, 4.69) is 0 Å². The highest BCUT2D eigenvalue weighted by Crippen LogP contribution is 2.21. The molecule has 116 valence electrons. The van der Waals surface area contributed by atoms with Crippen LogP contribution in [0.15, 0.2) is 18.2 Å². The van der Waals surface area contributed by atoms with Gasteiger partial charge in [0.05, 0.1) is 13.2 Å². The molecule has 1 aliphatic heterocycles. The van der Waals surface area contributed by atoms with Crippen molar-refractivity contribution in [2.75, 3.05) is 32.9 Å². The number of benzene rings is 1. The number of ether oxygens (including phenoxy) is 2. The third-order valence-corrected chi connectivity index (χ3v) is 3.28. The summed E-state index contributed by atoms with van der Waals surface area (Å²) in [5.41, 5.74) is 6.43. The zero-order valence-corrected chi connectivity index (χ0v) is 12.2. The first-order chi connectivity index (χ1) is 10.1. The second-order valence-electron chi connectivity index (χ2n) is 5.22. The molecule has 6 heteroatoms. The minimum Gasteiger partial charge on any atom is -0.483 e. The molecule has 21 heavy (non-hydrogen) atoms. The first kappa shape index (κ1) is 15.7. The van der Waals surface area contributed by atoms with Gasteiger partial charge < -0.3 is 20.1 Å². The summed E-state index contributed by atoms with van der Waals surface area (Å²) in [6.45, 7) is 4.05. The number of rotatable bonds is 5. The van der Waals surface area contributed by atoms with Crippen LogP contribution in [0.25, 0.3) is 0 Å². The number of carbonyl (C=O) groups is 1. The maximum Gasteiger partial charge on any atom is 0.260 e. The molecule has 1 aromatic carbocycles. The number of amides is 1. The van der Waals surface area contributed by atoms with E-state index in [4.69, 9.17) is 15.2 Å². The Morgan fingerprint density at radius 1 is 1.48 bits per heavy atom. The first-order valence-electron chi connectivity index (χ1n) is 7.08. The van der Waals surface area contributed by atoms with Crippen LogP contribution in [0.5, 0.6) is 5.75 Å². The van der Waals surface area contributed by atoms with Crippen LogP contribution >= 0.6 is 0 Å². The van der Waals surface area contributed by atoms with E-state index in [1.165, 1.54) is 12.1 Å². The summed E-state index contributed by atoms with van der Waals surface area (Å²) in [6, 6.07) is 4.15. The molecule has 1 fully saturated rings. The average Bonchev–Trinajstić information content (AvgIpc) is 2.46. The summed E-state index contributed by atoms with van der Waals surface area (Å²) in [5.74, 6) is 0.0854. The zero-order valence-electron chi connectivity index (χ0n) is 12.2. The summed E-state index contributed by atoms with van der Waals surface area (Å²) in [7, 11) is 0. The third kappa shape index (κ3) is 4.68. The molecule has 1 atom stereocenters. The van der Waals surface area contributed by atoms with Gasteiger partial charge in [-0.25, -0.2) is 4.39 Å². The van der Waals surface area contributed by atoms with Gasteiger partial charge in [0.15, 0.2) is 6.61 Å². The Balaban J connectivity index is 1.97. The van der Waals surface area contributed by atoms with Gasteiger partial charge in [-0.2, -0.15) is 0 Å². The molecule has 0 radical (unpaired) electrons. The summed E-state index contributed by atoms with van der Waals surface area (Å²) >= 11 is 0. The highest BCUT2D eigenvalue weighted by molar-refractivity contribution is 5.77. The van der Waals surface area contributed by atoms with Crippen LogP contribution in [-0.4, -0.2) is 49.8 Å². The van der Waals surface area contributed by atoms with Crippen LogP contribution in [0.4, 0.5) is 4.39 Å². The van der Waals surface area contributed by atoms with Crippen LogP contribution in [0.2, 0.25) is 0 Å². The van der Waals surface area contributed by atoms with E-state index < -0.39 is 0 Å². The van der Waals surface area contributed by atoms with Crippen molar-refractivity contribution in [3.63, 3.8) is 0 Å². The second kappa shape index (κ2) is 7.38. The summed E-state index contributed by atoms with van der Waals surface area (Å²) in [6.07, 6.45) is 0.499. The van der Waals surface area contributed by atoms with Crippen molar-refractivity contribution in [3.8, 4) is 5.75 Å². The van der Waals surface area contributed by atoms with Crippen LogP contribution in [0.1, 0.15) is 12.5 Å². The fraction of sp³-hybridized carbons (Fsp3) is 0.533. The Labute approximate surface area is 123 Å². The van der Waals surface area contributed by atoms with Gasteiger partial charge in [0.25, 0.3) is 5.91 Å². The van der Waals surface area contributed by atoms with Crippen molar-refractivity contribution in [1.29, 1.82) is 0 Å². The Morgan fingerprint density at radius 2 is 2.19 bits per heavy atom. The molecule has 1 saturated heterocycles. The van der Waals surface area contributed by atoms with Gasteiger partial charge in [-0.3, -0.25) is 4.79 Å². The largest absolute Gasteiger partial charge is 0.483 e. The number of nitrogens with zero attached hydrogens (tertiary/aromatic N) is 1. The van der Waals surface area contributed by atoms with E-state index in [0.717, 1.165) is 0 Å². The minimum absolute atomic E-state index is 0.0580. The topological polar surface area (TPSA) is 64.8 Å². The normalized spacial score (nSPS) is 16.6. The van der Waals surface area contributed by atoms with Crippen LogP contribution in [-0.2, 0) is 16.0 Å². The Kier molecular flexibility index (Phi) is 5.52. The molecule has 0 aromatic heterocycles. The van der Waals surface area contributed by atoms with Crippen LogP contribution in [0.3, 0.4) is 0 Å². The molecule has 2 rings (SSSR count). The number of hydrogen-bond acceptors (Lipinski definition) is 4. The average molecular weight is 296 g/mol. The van der Waals surface area contributed by atoms with E-state index in [-0.39, 0.29) is 24.4 Å². The molecule has 2 N–H and O–H groups in total. The summed E-state index contributed by atoms with van der Waals surface area (Å²) in [4.78, 5) is 13.7. The molecule has 0 aliphatic carbocycles. The van der Waals surface area contributed by atoms with Crippen molar-refractivity contribution in [1.82, 2.24) is 4.90 Å². The molecule has 1 aliphatic rings. The Bertz CT molecular complexity index is 488. The number of nitrogens with two attached hydrogens (primary N) is 1. The lowest BCUT2D eigenvalue weighted by molar-refractivity contribution is -0.137. The number of carbonyl (C=O) groups excluding carboxylic acids is 1. The Hall–Kier alpha value is -1.66. The molecule has 1 heterocycles. The van der Waals surface area contributed by atoms with Gasteiger partial charge in [0.1, 0.15) is 11.6 Å². The first-order valence-corrected chi connectivity index (χ1v) is 7.08. The van der Waals surface area contributed by atoms with Crippen molar-refractivity contribution < 1.29 is 18.7 Å². The molecule has 1 amide bonds. The van der Waals surface area contributed by atoms with Gasteiger partial charge in [-0.05, 0) is 37.1 Å². The van der Waals surface area contributed by atoms with Crippen molar-refractivity contribution in [2.24, 2.45) is 5.73 Å². The SMILES string of the molecule is CC(N)Cc1cc(F)ccc1OCC(=O)N1CCOCC1. The van der Waals surface area contributed by atoms with Gasteiger partial charge in [0.2, 0.25) is 0 Å². The summed E-state index contributed by atoms with van der Waals surface area (Å²) in [5, 5.41) is 0. The predicted molar refractivity (Wildman–Crippen MR) is 76.6 cm³/mol. The number of halogens is 1. The zero-order chi connectivity index (χ0) is 15.2. The lowest BCUT2D eigenvalue weighted by atomic mass is 10.1. The standard InChI is InChI=1S/C15H21FN2O3/c1-11(17)8-12-9-13(16)2-3-14(12)21-10-15(19)18-4-6-20-7-5-18/h2-3,9,11H,4-8,10,17H2,1H3. The molecular weight excluding hydrogens is 275 g/mol. The molecule has 5 nitrogen and oxygen atoms in total. The van der Waals surface area contributed by atoms with Crippen LogP contribution in [0, 0.1) is 5.82 Å². The van der Waals surface area contributed by atoms with Crippen molar-refractivity contribution in [2.45, 2.75) is 19.4 Å². The quantitative estimate of drug-likeness (QED) is 0.879. The lowest BCUT2D eigenvalue weighted by Crippen LogP contribution is -2.43. The molecule has 0 bridgehead atoms. The highest BCUT2D eigenvalue weighted by atomic mass is 19.1. The van der Waals surface area contributed by atoms with E-state index in [1.807, 2.05) is 6.92 Å². The van der Waals surface area contributed by atoms with E-state index in [1.54, 1.807) is 11.0 Å². The smallest absolute Gasteiger partial charge is 0.260 e. The Morgan fingerprint density at radius 3 is 2.86 bits per heavy atom. The van der Waals surface area contributed by atoms with Crippen molar-refractivity contribution in [3.05, 3.63) is 29.6 Å². The maximum absolute atomic E-state index is 13.3. The molecule has 1 unspecified atom stereocenters. The molecular formula is C15H21FN2O3. The molecule has 1 aromatic rings. The van der Waals surface area contributed by atoms with Gasteiger partial charge in [-0.15, -0.1) is 0 Å². The fourth-order valence-corrected chi connectivity index (χ4v) is 2.24. The van der Waals surface area contributed by atoms with E-state index >= 15 is 0 Å². The highest BCUT2D eigenvalue weighted by Gasteiger charge is 2.18. The fourth-order valence-electron chi connectivity index (χ4n) is 2.24. The van der Waals surface area contributed by atoms with Gasteiger partial charge >= 0.3 is 0 Å². The predicted octanol–water partition coefficient (Wildman–Crippen LogP) is 0.953. The van der Waals surface area contributed by atoms with Gasteiger partial charge in [-0.1, -0.05) is 0 Å². The van der Waals surface area contributed by atoms with E-state index in [9.17, 15) is 9.18 Å². The number of hydrogen-bond donors (Lipinski definition) is 1. The maximum atomic E-state index is 13.3. The third-order valence-electron chi connectivity index (χ3n) is 3.28. The van der Waals surface area contributed by atoms with E-state index in [0.29, 0.717) is 44.0 Å². The summed E-state index contributed by atoms with van der Waals surface area (Å²) < 4.78 is 24.1. The molecule has 0 spiro atoms. The number of morpholine rings is 1. The van der Waals surface area contributed by atoms with Crippen molar-refractivity contribution >= 4 is 5.91 Å². The van der Waals surface area contributed by atoms with Gasteiger partial charge in [0, 0.05) is 19.1 Å². The minimum atomic E-state index is -0.336. The molecule has 0 saturated carbocycles. The monoisotopic (exact) mass is 296 g/mol. The van der Waals surface area contributed by atoms with Crippen LogP contribution < -0.4 is 10.5 Å².